The average Bonchev–Trinajstić information content (AvgIpc) is 2.59. The summed E-state index contributed by atoms with van der Waals surface area (Å²) >= 11 is 0. The maximum atomic E-state index is 11.8. The molecule has 0 aliphatic carbocycles. The van der Waals surface area contributed by atoms with Crippen LogP contribution >= 0.6 is 0 Å². The van der Waals surface area contributed by atoms with E-state index in [4.69, 9.17) is 5.73 Å². The lowest BCUT2D eigenvalue weighted by molar-refractivity contribution is 0.554. The summed E-state index contributed by atoms with van der Waals surface area (Å²) in [4.78, 5) is 11.8. The fourth-order valence-electron chi connectivity index (χ4n) is 1.72. The summed E-state index contributed by atoms with van der Waals surface area (Å²) in [5.74, 6) is 0. The van der Waals surface area contributed by atoms with Gasteiger partial charge in [-0.15, -0.1) is 0 Å². The van der Waals surface area contributed by atoms with Crippen molar-refractivity contribution < 1.29 is 0 Å². The Bertz CT molecular complexity index is 587. The van der Waals surface area contributed by atoms with Crippen molar-refractivity contribution in [3.05, 3.63) is 52.7 Å². The van der Waals surface area contributed by atoms with Gasteiger partial charge in [-0.1, -0.05) is 12.1 Å². The largest absolute Gasteiger partial charge is 0.332 e. The SMILES string of the molecule is Cn1ccn(-c2cccc(C(C)(C)N)c2)c1=O. The molecule has 0 spiro atoms. The standard InChI is InChI=1S/C13H17N3O/c1-13(2,14)10-5-4-6-11(9-10)16-8-7-15(3)12(16)17/h4-9H,14H2,1-3H3. The van der Waals surface area contributed by atoms with Crippen LogP contribution in [0.25, 0.3) is 5.69 Å². The maximum Gasteiger partial charge on any atom is 0.332 e. The van der Waals surface area contributed by atoms with Gasteiger partial charge in [-0.25, -0.2) is 4.79 Å². The minimum absolute atomic E-state index is 0.0584. The van der Waals surface area contributed by atoms with E-state index >= 15 is 0 Å². The highest BCUT2D eigenvalue weighted by Crippen LogP contribution is 2.19. The van der Waals surface area contributed by atoms with Gasteiger partial charge in [0.15, 0.2) is 0 Å². The summed E-state index contributed by atoms with van der Waals surface area (Å²) in [7, 11) is 1.73. The molecule has 1 heterocycles. The molecule has 0 saturated carbocycles. The number of rotatable bonds is 2. The fourth-order valence-corrected chi connectivity index (χ4v) is 1.72. The molecule has 0 fully saturated rings. The van der Waals surface area contributed by atoms with Crippen LogP contribution in [0.15, 0.2) is 41.5 Å². The number of nitrogens with two attached hydrogens (primary N) is 1. The second-order valence-electron chi connectivity index (χ2n) is 4.83. The number of aryl methyl sites for hydroxylation is 1. The van der Waals surface area contributed by atoms with Crippen LogP contribution in [0, 0.1) is 0 Å². The molecule has 0 saturated heterocycles. The highest BCUT2D eigenvalue weighted by atomic mass is 16.1. The Morgan fingerprint density at radius 2 is 1.94 bits per heavy atom. The Hall–Kier alpha value is -1.81. The van der Waals surface area contributed by atoms with Gasteiger partial charge in [0, 0.05) is 25.0 Å². The smallest absolute Gasteiger partial charge is 0.322 e. The van der Waals surface area contributed by atoms with Gasteiger partial charge in [0.05, 0.1) is 5.69 Å². The van der Waals surface area contributed by atoms with Crippen LogP contribution in [0.3, 0.4) is 0 Å². The van der Waals surface area contributed by atoms with Crippen LogP contribution in [0.1, 0.15) is 19.4 Å². The van der Waals surface area contributed by atoms with E-state index in [0.29, 0.717) is 0 Å². The predicted octanol–water partition coefficient (Wildman–Crippen LogP) is 1.37. The molecular formula is C13H17N3O. The molecule has 4 heteroatoms. The molecule has 0 unspecified atom stereocenters. The van der Waals surface area contributed by atoms with E-state index in [1.165, 1.54) is 0 Å². The van der Waals surface area contributed by atoms with Crippen molar-refractivity contribution in [1.82, 2.24) is 9.13 Å². The molecule has 1 aromatic heterocycles. The van der Waals surface area contributed by atoms with E-state index in [1.807, 2.05) is 38.1 Å². The molecule has 2 N–H and O–H groups in total. The fraction of sp³-hybridized carbons (Fsp3) is 0.308. The molecule has 2 aromatic rings. The molecular weight excluding hydrogens is 214 g/mol. The van der Waals surface area contributed by atoms with Crippen LogP contribution in [-0.2, 0) is 12.6 Å². The summed E-state index contributed by atoms with van der Waals surface area (Å²) in [6.45, 7) is 3.89. The van der Waals surface area contributed by atoms with Crippen molar-refractivity contribution in [3.63, 3.8) is 0 Å². The highest BCUT2D eigenvalue weighted by Gasteiger charge is 2.14. The zero-order valence-electron chi connectivity index (χ0n) is 10.3. The van der Waals surface area contributed by atoms with E-state index < -0.39 is 5.54 Å². The second kappa shape index (κ2) is 3.89. The molecule has 1 aromatic carbocycles. The molecule has 0 atom stereocenters. The Labute approximate surface area is 100 Å². The Morgan fingerprint density at radius 1 is 1.24 bits per heavy atom. The predicted molar refractivity (Wildman–Crippen MR) is 68.2 cm³/mol. The van der Waals surface area contributed by atoms with Crippen molar-refractivity contribution in [1.29, 1.82) is 0 Å². The lowest BCUT2D eigenvalue weighted by atomic mass is 9.95. The number of benzene rings is 1. The van der Waals surface area contributed by atoms with Gasteiger partial charge < -0.3 is 10.3 Å². The van der Waals surface area contributed by atoms with Crippen molar-refractivity contribution >= 4 is 0 Å². The number of hydrogen-bond acceptors (Lipinski definition) is 2. The molecule has 0 amide bonds. The van der Waals surface area contributed by atoms with Crippen LogP contribution in [0.4, 0.5) is 0 Å². The number of nitrogens with zero attached hydrogens (tertiary/aromatic N) is 2. The van der Waals surface area contributed by atoms with E-state index in [0.717, 1.165) is 11.3 Å². The maximum absolute atomic E-state index is 11.8. The van der Waals surface area contributed by atoms with E-state index in [2.05, 4.69) is 0 Å². The first kappa shape index (κ1) is 11.7. The van der Waals surface area contributed by atoms with Crippen molar-refractivity contribution in [2.24, 2.45) is 12.8 Å². The van der Waals surface area contributed by atoms with E-state index in [1.54, 1.807) is 28.6 Å². The quantitative estimate of drug-likeness (QED) is 0.848. The minimum Gasteiger partial charge on any atom is -0.322 e. The Kier molecular flexibility index (Phi) is 2.67. The summed E-state index contributed by atoms with van der Waals surface area (Å²) in [6, 6.07) is 7.73. The molecule has 90 valence electrons. The first-order valence-corrected chi connectivity index (χ1v) is 5.53. The number of aromatic nitrogens is 2. The first-order chi connectivity index (χ1) is 7.89. The number of hydrogen-bond donors (Lipinski definition) is 1. The van der Waals surface area contributed by atoms with Gasteiger partial charge in [0.2, 0.25) is 0 Å². The van der Waals surface area contributed by atoms with Gasteiger partial charge in [-0.3, -0.25) is 4.57 Å². The lowest BCUT2D eigenvalue weighted by Crippen LogP contribution is -2.29. The molecule has 17 heavy (non-hydrogen) atoms. The molecule has 0 radical (unpaired) electrons. The van der Waals surface area contributed by atoms with Crippen molar-refractivity contribution in [2.75, 3.05) is 0 Å². The summed E-state index contributed by atoms with van der Waals surface area (Å²) < 4.78 is 3.15. The van der Waals surface area contributed by atoms with Gasteiger partial charge in [0.1, 0.15) is 0 Å². The molecule has 0 bridgehead atoms. The second-order valence-corrected chi connectivity index (χ2v) is 4.83. The topological polar surface area (TPSA) is 52.9 Å². The summed E-state index contributed by atoms with van der Waals surface area (Å²) in [5.41, 5.74) is 7.43. The summed E-state index contributed by atoms with van der Waals surface area (Å²) in [5, 5.41) is 0. The highest BCUT2D eigenvalue weighted by molar-refractivity contribution is 5.38. The third kappa shape index (κ3) is 2.17. The van der Waals surface area contributed by atoms with Crippen LogP contribution in [-0.4, -0.2) is 9.13 Å². The van der Waals surface area contributed by atoms with Crippen LogP contribution in [0.5, 0.6) is 0 Å². The van der Waals surface area contributed by atoms with Crippen LogP contribution in [0.2, 0.25) is 0 Å². The molecule has 4 nitrogen and oxygen atoms in total. The first-order valence-electron chi connectivity index (χ1n) is 5.53. The third-order valence-electron chi connectivity index (χ3n) is 2.82. The summed E-state index contributed by atoms with van der Waals surface area (Å²) in [6.07, 6.45) is 3.49. The minimum atomic E-state index is -0.408. The Morgan fingerprint density at radius 3 is 2.47 bits per heavy atom. The monoisotopic (exact) mass is 231 g/mol. The molecule has 0 aliphatic heterocycles. The molecule has 0 aliphatic rings. The zero-order chi connectivity index (χ0) is 12.6. The lowest BCUT2D eigenvalue weighted by Gasteiger charge is -2.19. The normalized spacial score (nSPS) is 11.8. The Balaban J connectivity index is 2.55. The van der Waals surface area contributed by atoms with E-state index in [-0.39, 0.29) is 5.69 Å². The van der Waals surface area contributed by atoms with Gasteiger partial charge in [0.25, 0.3) is 0 Å². The van der Waals surface area contributed by atoms with Crippen LogP contribution < -0.4 is 11.4 Å². The van der Waals surface area contributed by atoms with Gasteiger partial charge in [-0.2, -0.15) is 0 Å². The van der Waals surface area contributed by atoms with Crippen molar-refractivity contribution in [2.45, 2.75) is 19.4 Å². The van der Waals surface area contributed by atoms with Gasteiger partial charge >= 0.3 is 5.69 Å². The van der Waals surface area contributed by atoms with Crippen molar-refractivity contribution in [3.8, 4) is 5.69 Å². The number of imidazole rings is 1. The van der Waals surface area contributed by atoms with E-state index in [9.17, 15) is 4.79 Å². The molecule has 2 rings (SSSR count). The third-order valence-corrected chi connectivity index (χ3v) is 2.82. The zero-order valence-corrected chi connectivity index (χ0v) is 10.3. The average molecular weight is 231 g/mol. The van der Waals surface area contributed by atoms with Gasteiger partial charge in [-0.05, 0) is 31.5 Å².